The van der Waals surface area contributed by atoms with Crippen molar-refractivity contribution in [3.63, 3.8) is 0 Å². The van der Waals surface area contributed by atoms with Crippen molar-refractivity contribution in [3.8, 4) is 5.75 Å². The fraction of sp³-hybridized carbons (Fsp3) is 0.545. The van der Waals surface area contributed by atoms with E-state index in [2.05, 4.69) is 10.4 Å². The lowest BCUT2D eigenvalue weighted by molar-refractivity contribution is -0.0518. The van der Waals surface area contributed by atoms with E-state index in [0.29, 0.717) is 12.3 Å². The third kappa shape index (κ3) is 2.91. The van der Waals surface area contributed by atoms with E-state index in [1.54, 1.807) is 10.9 Å². The highest BCUT2D eigenvalue weighted by atomic mass is 35.5. The molecule has 0 saturated heterocycles. The van der Waals surface area contributed by atoms with Gasteiger partial charge in [0.15, 0.2) is 0 Å². The molecule has 1 heterocycles. The monoisotopic (exact) mass is 399 g/mol. The van der Waals surface area contributed by atoms with E-state index in [4.69, 9.17) is 16.3 Å². The molecule has 0 unspecified atom stereocenters. The molecule has 28 heavy (non-hydrogen) atoms. The Labute approximate surface area is 170 Å². The van der Waals surface area contributed by atoms with Crippen molar-refractivity contribution in [3.05, 3.63) is 45.8 Å². The van der Waals surface area contributed by atoms with Gasteiger partial charge in [0.25, 0.3) is 5.56 Å². The predicted molar refractivity (Wildman–Crippen MR) is 111 cm³/mol. The van der Waals surface area contributed by atoms with Gasteiger partial charge in [-0.05, 0) is 75.3 Å². The third-order valence-electron chi connectivity index (χ3n) is 6.83. The maximum Gasteiger partial charge on any atom is 0.288 e. The van der Waals surface area contributed by atoms with Crippen LogP contribution >= 0.6 is 11.6 Å². The Morgan fingerprint density at radius 3 is 2.43 bits per heavy atom. The lowest BCUT2D eigenvalue weighted by atomic mass is 9.53. The van der Waals surface area contributed by atoms with Crippen molar-refractivity contribution >= 4 is 23.0 Å². The zero-order valence-corrected chi connectivity index (χ0v) is 16.9. The van der Waals surface area contributed by atoms with Crippen LogP contribution in [0.4, 0.5) is 11.4 Å². The van der Waals surface area contributed by atoms with Gasteiger partial charge in [-0.1, -0.05) is 23.7 Å². The molecule has 1 aromatic carbocycles. The third-order valence-corrected chi connectivity index (χ3v) is 7.20. The summed E-state index contributed by atoms with van der Waals surface area (Å²) in [6.45, 7) is 2.51. The first-order chi connectivity index (χ1) is 13.6. The van der Waals surface area contributed by atoms with Gasteiger partial charge in [-0.3, -0.25) is 4.79 Å². The molecular formula is C22H26ClN3O2. The van der Waals surface area contributed by atoms with Crippen LogP contribution in [0.25, 0.3) is 0 Å². The SMILES string of the molecule is CCOc1ccccc1Nc1cnn(C23CC4CC(CC(C4)C2)C3)c(=O)c1Cl. The fourth-order valence-electron chi connectivity index (χ4n) is 6.18. The molecule has 4 aliphatic carbocycles. The molecule has 0 spiro atoms. The average Bonchev–Trinajstić information content (AvgIpc) is 2.66. The summed E-state index contributed by atoms with van der Waals surface area (Å²) < 4.78 is 7.38. The van der Waals surface area contributed by atoms with Crippen LogP contribution < -0.4 is 15.6 Å². The molecule has 1 N–H and O–H groups in total. The van der Waals surface area contributed by atoms with Crippen molar-refractivity contribution in [2.24, 2.45) is 17.8 Å². The van der Waals surface area contributed by atoms with Crippen LogP contribution in [-0.4, -0.2) is 16.4 Å². The quantitative estimate of drug-likeness (QED) is 0.771. The summed E-state index contributed by atoms with van der Waals surface area (Å²) >= 11 is 6.54. The number of rotatable bonds is 5. The summed E-state index contributed by atoms with van der Waals surface area (Å²) in [5, 5.41) is 8.06. The Hall–Kier alpha value is -2.01. The summed E-state index contributed by atoms with van der Waals surface area (Å²) in [5.41, 5.74) is 0.999. The number of ether oxygens (including phenoxy) is 1. The highest BCUT2D eigenvalue weighted by molar-refractivity contribution is 6.33. The van der Waals surface area contributed by atoms with E-state index in [9.17, 15) is 4.79 Å². The van der Waals surface area contributed by atoms with E-state index in [-0.39, 0.29) is 16.1 Å². The molecule has 4 aliphatic rings. The Kier molecular flexibility index (Phi) is 4.38. The Bertz CT molecular complexity index is 920. The van der Waals surface area contributed by atoms with Gasteiger partial charge in [0.1, 0.15) is 10.8 Å². The molecule has 0 amide bonds. The topological polar surface area (TPSA) is 56.1 Å². The van der Waals surface area contributed by atoms with Crippen LogP contribution in [0.15, 0.2) is 35.3 Å². The van der Waals surface area contributed by atoms with Crippen LogP contribution in [-0.2, 0) is 5.54 Å². The van der Waals surface area contributed by atoms with Gasteiger partial charge in [0.2, 0.25) is 0 Å². The van der Waals surface area contributed by atoms with E-state index in [1.165, 1.54) is 19.3 Å². The minimum absolute atomic E-state index is 0.128. The standard InChI is InChI=1S/C22H26ClN3O2/c1-2-28-19-6-4-3-5-17(19)25-18-13-24-26(21(27)20(18)23)22-10-14-7-15(11-22)9-16(8-14)12-22/h3-6,13-16,25H,2,7-12H2,1H3. The molecule has 6 rings (SSSR count). The van der Waals surface area contributed by atoms with Crippen LogP contribution in [0.3, 0.4) is 0 Å². The first-order valence-electron chi connectivity index (χ1n) is 10.3. The molecular weight excluding hydrogens is 374 g/mol. The summed E-state index contributed by atoms with van der Waals surface area (Å²) in [4.78, 5) is 13.2. The number of hydrogen-bond donors (Lipinski definition) is 1. The van der Waals surface area contributed by atoms with E-state index in [1.807, 2.05) is 31.2 Å². The van der Waals surface area contributed by atoms with Gasteiger partial charge in [0, 0.05) is 0 Å². The molecule has 4 fully saturated rings. The van der Waals surface area contributed by atoms with Crippen LogP contribution in [0.2, 0.25) is 5.02 Å². The molecule has 0 aliphatic heterocycles. The average molecular weight is 400 g/mol. The van der Waals surface area contributed by atoms with E-state index in [0.717, 1.165) is 48.5 Å². The molecule has 4 bridgehead atoms. The second-order valence-electron chi connectivity index (χ2n) is 8.79. The number of aromatic nitrogens is 2. The van der Waals surface area contributed by atoms with Crippen LogP contribution in [0, 0.1) is 17.8 Å². The van der Waals surface area contributed by atoms with E-state index < -0.39 is 0 Å². The molecule has 148 valence electrons. The first-order valence-corrected chi connectivity index (χ1v) is 10.7. The number of para-hydroxylation sites is 2. The number of nitrogens with one attached hydrogen (secondary N) is 1. The Morgan fingerprint density at radius 2 is 1.79 bits per heavy atom. The van der Waals surface area contributed by atoms with Crippen molar-refractivity contribution in [2.75, 3.05) is 11.9 Å². The molecule has 4 saturated carbocycles. The smallest absolute Gasteiger partial charge is 0.288 e. The number of hydrogen-bond acceptors (Lipinski definition) is 4. The van der Waals surface area contributed by atoms with Crippen molar-refractivity contribution < 1.29 is 4.74 Å². The zero-order chi connectivity index (χ0) is 19.3. The molecule has 0 atom stereocenters. The molecule has 6 heteroatoms. The molecule has 5 nitrogen and oxygen atoms in total. The summed E-state index contributed by atoms with van der Waals surface area (Å²) in [6.07, 6.45) is 8.90. The summed E-state index contributed by atoms with van der Waals surface area (Å²) in [5.74, 6) is 2.96. The van der Waals surface area contributed by atoms with Crippen molar-refractivity contribution in [1.82, 2.24) is 9.78 Å². The number of halogens is 1. The highest BCUT2D eigenvalue weighted by Gasteiger charge is 2.53. The van der Waals surface area contributed by atoms with E-state index >= 15 is 0 Å². The first kappa shape index (κ1) is 18.0. The Balaban J connectivity index is 1.48. The minimum atomic E-state index is -0.178. The molecule has 0 radical (unpaired) electrons. The molecule has 2 aromatic rings. The van der Waals surface area contributed by atoms with Gasteiger partial charge >= 0.3 is 0 Å². The van der Waals surface area contributed by atoms with Crippen molar-refractivity contribution in [2.45, 2.75) is 51.0 Å². The predicted octanol–water partition coefficient (Wildman–Crippen LogP) is 4.96. The fourth-order valence-corrected chi connectivity index (χ4v) is 6.35. The van der Waals surface area contributed by atoms with Gasteiger partial charge in [-0.25, -0.2) is 4.68 Å². The summed E-state index contributed by atoms with van der Waals surface area (Å²) in [7, 11) is 0. The second kappa shape index (κ2) is 6.80. The van der Waals surface area contributed by atoms with Crippen LogP contribution in [0.1, 0.15) is 45.4 Å². The molecule has 1 aromatic heterocycles. The van der Waals surface area contributed by atoms with Gasteiger partial charge in [-0.2, -0.15) is 5.10 Å². The number of benzene rings is 1. The lowest BCUT2D eigenvalue weighted by Crippen LogP contribution is -2.55. The number of anilines is 2. The van der Waals surface area contributed by atoms with Crippen molar-refractivity contribution in [1.29, 1.82) is 0 Å². The maximum atomic E-state index is 13.2. The Morgan fingerprint density at radius 1 is 1.14 bits per heavy atom. The largest absolute Gasteiger partial charge is 0.492 e. The lowest BCUT2D eigenvalue weighted by Gasteiger charge is -2.56. The minimum Gasteiger partial charge on any atom is -0.492 e. The van der Waals surface area contributed by atoms with Gasteiger partial charge < -0.3 is 10.1 Å². The van der Waals surface area contributed by atoms with Gasteiger partial charge in [0.05, 0.1) is 29.7 Å². The number of nitrogens with zero attached hydrogens (tertiary/aromatic N) is 2. The van der Waals surface area contributed by atoms with Gasteiger partial charge in [-0.15, -0.1) is 0 Å². The zero-order valence-electron chi connectivity index (χ0n) is 16.2. The second-order valence-corrected chi connectivity index (χ2v) is 9.16. The van der Waals surface area contributed by atoms with Crippen LogP contribution in [0.5, 0.6) is 5.75 Å². The summed E-state index contributed by atoms with van der Waals surface area (Å²) in [6, 6.07) is 7.64. The maximum absolute atomic E-state index is 13.2. The highest BCUT2D eigenvalue weighted by Crippen LogP contribution is 2.58. The normalized spacial score (nSPS) is 30.4.